The number of likely N-dealkylation sites (N-methyl/N-ethyl adjacent to an activating group) is 1. The van der Waals surface area contributed by atoms with E-state index in [1.165, 1.54) is 51.6 Å². The van der Waals surface area contributed by atoms with Crippen LogP contribution in [-0.4, -0.2) is 47.8 Å². The molecule has 2 unspecified atom stereocenters. The SMILES string of the molecule is CCCC1CCN(C2CCCC(CO)(NCC)C2)CC1. The van der Waals surface area contributed by atoms with Crippen LogP contribution in [0.1, 0.15) is 65.2 Å². The quantitative estimate of drug-likeness (QED) is 0.786. The minimum atomic E-state index is -0.00205. The zero-order valence-corrected chi connectivity index (χ0v) is 13.5. The van der Waals surface area contributed by atoms with Crippen LogP contribution < -0.4 is 5.32 Å². The minimum absolute atomic E-state index is 0.00205. The van der Waals surface area contributed by atoms with E-state index in [0.29, 0.717) is 12.6 Å². The number of aliphatic hydroxyl groups is 1. The van der Waals surface area contributed by atoms with Crippen LogP contribution in [0, 0.1) is 5.92 Å². The fraction of sp³-hybridized carbons (Fsp3) is 1.00. The van der Waals surface area contributed by atoms with Gasteiger partial charge >= 0.3 is 0 Å². The van der Waals surface area contributed by atoms with Crippen molar-refractivity contribution in [3.63, 3.8) is 0 Å². The third-order valence-corrected chi connectivity index (χ3v) is 5.54. The maximum Gasteiger partial charge on any atom is 0.0613 e. The van der Waals surface area contributed by atoms with Crippen LogP contribution in [0.4, 0.5) is 0 Å². The molecule has 0 aromatic rings. The monoisotopic (exact) mass is 282 g/mol. The van der Waals surface area contributed by atoms with Crippen molar-refractivity contribution in [2.45, 2.75) is 76.8 Å². The largest absolute Gasteiger partial charge is 0.394 e. The Hall–Kier alpha value is -0.120. The molecule has 0 bridgehead atoms. The molecule has 3 nitrogen and oxygen atoms in total. The minimum Gasteiger partial charge on any atom is -0.394 e. The van der Waals surface area contributed by atoms with E-state index < -0.39 is 0 Å². The zero-order chi connectivity index (χ0) is 14.4. The molecule has 20 heavy (non-hydrogen) atoms. The molecule has 2 atom stereocenters. The average Bonchev–Trinajstić information content (AvgIpc) is 2.49. The highest BCUT2D eigenvalue weighted by Gasteiger charge is 2.38. The number of piperidine rings is 1. The standard InChI is InChI=1S/C17H34N2O/c1-3-6-15-8-11-19(12-9-15)16-7-5-10-17(13-16,14-20)18-4-2/h15-16,18,20H,3-14H2,1-2H3. The summed E-state index contributed by atoms with van der Waals surface area (Å²) in [6.07, 6.45) is 10.4. The van der Waals surface area contributed by atoms with Gasteiger partial charge in [0, 0.05) is 11.6 Å². The van der Waals surface area contributed by atoms with E-state index in [1.807, 2.05) is 0 Å². The smallest absolute Gasteiger partial charge is 0.0613 e. The van der Waals surface area contributed by atoms with E-state index in [1.54, 1.807) is 0 Å². The van der Waals surface area contributed by atoms with Crippen molar-refractivity contribution in [1.29, 1.82) is 0 Å². The number of aliphatic hydroxyl groups excluding tert-OH is 1. The van der Waals surface area contributed by atoms with Crippen LogP contribution >= 0.6 is 0 Å². The van der Waals surface area contributed by atoms with Gasteiger partial charge in [0.25, 0.3) is 0 Å². The molecule has 2 rings (SSSR count). The van der Waals surface area contributed by atoms with Crippen molar-refractivity contribution in [3.8, 4) is 0 Å². The molecule has 0 aromatic carbocycles. The Labute approximate surface area is 125 Å². The first-order valence-corrected chi connectivity index (χ1v) is 8.83. The second kappa shape index (κ2) is 7.77. The van der Waals surface area contributed by atoms with Gasteiger partial charge < -0.3 is 15.3 Å². The predicted octanol–water partition coefficient (Wildman–Crippen LogP) is 2.78. The van der Waals surface area contributed by atoms with Crippen molar-refractivity contribution < 1.29 is 5.11 Å². The van der Waals surface area contributed by atoms with E-state index in [9.17, 15) is 5.11 Å². The Morgan fingerprint density at radius 2 is 1.95 bits per heavy atom. The number of nitrogens with zero attached hydrogens (tertiary/aromatic N) is 1. The molecule has 0 spiro atoms. The maximum absolute atomic E-state index is 9.82. The van der Waals surface area contributed by atoms with Crippen molar-refractivity contribution in [3.05, 3.63) is 0 Å². The highest BCUT2D eigenvalue weighted by atomic mass is 16.3. The number of nitrogens with one attached hydrogen (secondary N) is 1. The second-order valence-electron chi connectivity index (χ2n) is 6.99. The summed E-state index contributed by atoms with van der Waals surface area (Å²) in [4.78, 5) is 2.72. The molecular formula is C17H34N2O. The molecule has 0 aromatic heterocycles. The van der Waals surface area contributed by atoms with E-state index in [0.717, 1.165) is 25.3 Å². The van der Waals surface area contributed by atoms with Crippen LogP contribution in [0.3, 0.4) is 0 Å². The third kappa shape index (κ3) is 3.96. The van der Waals surface area contributed by atoms with Crippen molar-refractivity contribution in [2.75, 3.05) is 26.2 Å². The number of rotatable bonds is 6. The molecule has 1 saturated heterocycles. The summed E-state index contributed by atoms with van der Waals surface area (Å²) in [5.74, 6) is 0.969. The highest BCUT2D eigenvalue weighted by Crippen LogP contribution is 2.33. The fourth-order valence-corrected chi connectivity index (χ4v) is 4.39. The molecule has 1 heterocycles. The van der Waals surface area contributed by atoms with E-state index in [2.05, 4.69) is 24.1 Å². The van der Waals surface area contributed by atoms with Crippen LogP contribution in [0.2, 0.25) is 0 Å². The maximum atomic E-state index is 9.82. The van der Waals surface area contributed by atoms with Gasteiger partial charge in [0.1, 0.15) is 0 Å². The Kier molecular flexibility index (Phi) is 6.31. The number of hydrogen-bond acceptors (Lipinski definition) is 3. The van der Waals surface area contributed by atoms with Gasteiger partial charge in [-0.1, -0.05) is 26.7 Å². The lowest BCUT2D eigenvalue weighted by molar-refractivity contribution is 0.0425. The Bertz CT molecular complexity index is 272. The van der Waals surface area contributed by atoms with Gasteiger partial charge in [0.15, 0.2) is 0 Å². The lowest BCUT2D eigenvalue weighted by Gasteiger charge is -2.46. The Morgan fingerprint density at radius 1 is 1.20 bits per heavy atom. The number of likely N-dealkylation sites (tertiary alicyclic amines) is 1. The molecular weight excluding hydrogens is 248 g/mol. The first-order valence-electron chi connectivity index (χ1n) is 8.83. The predicted molar refractivity (Wildman–Crippen MR) is 85.0 cm³/mol. The van der Waals surface area contributed by atoms with Crippen LogP contribution in [-0.2, 0) is 0 Å². The molecule has 3 heteroatoms. The summed E-state index contributed by atoms with van der Waals surface area (Å²) in [5.41, 5.74) is -0.00205. The molecule has 2 fully saturated rings. The molecule has 1 aliphatic heterocycles. The third-order valence-electron chi connectivity index (χ3n) is 5.54. The van der Waals surface area contributed by atoms with Crippen molar-refractivity contribution >= 4 is 0 Å². The van der Waals surface area contributed by atoms with Crippen LogP contribution in [0.15, 0.2) is 0 Å². The van der Waals surface area contributed by atoms with E-state index in [4.69, 9.17) is 0 Å². The molecule has 118 valence electrons. The van der Waals surface area contributed by atoms with Crippen LogP contribution in [0.5, 0.6) is 0 Å². The van der Waals surface area contributed by atoms with Gasteiger partial charge in [-0.3, -0.25) is 0 Å². The molecule has 1 saturated carbocycles. The topological polar surface area (TPSA) is 35.5 Å². The molecule has 0 radical (unpaired) electrons. The number of hydrogen-bond donors (Lipinski definition) is 2. The molecule has 1 aliphatic carbocycles. The average molecular weight is 282 g/mol. The van der Waals surface area contributed by atoms with Crippen molar-refractivity contribution in [2.24, 2.45) is 5.92 Å². The van der Waals surface area contributed by atoms with Gasteiger partial charge in [-0.2, -0.15) is 0 Å². The highest BCUT2D eigenvalue weighted by molar-refractivity contribution is 4.96. The van der Waals surface area contributed by atoms with Gasteiger partial charge in [-0.25, -0.2) is 0 Å². The first kappa shape index (κ1) is 16.3. The normalized spacial score (nSPS) is 33.5. The van der Waals surface area contributed by atoms with Gasteiger partial charge in [0.05, 0.1) is 6.61 Å². The van der Waals surface area contributed by atoms with E-state index >= 15 is 0 Å². The summed E-state index contributed by atoms with van der Waals surface area (Å²) in [6.45, 7) is 8.28. The zero-order valence-electron chi connectivity index (χ0n) is 13.5. The summed E-state index contributed by atoms with van der Waals surface area (Å²) in [5, 5.41) is 13.4. The second-order valence-corrected chi connectivity index (χ2v) is 6.99. The summed E-state index contributed by atoms with van der Waals surface area (Å²) in [7, 11) is 0. The van der Waals surface area contributed by atoms with Gasteiger partial charge in [-0.05, 0) is 64.1 Å². The van der Waals surface area contributed by atoms with Gasteiger partial charge in [-0.15, -0.1) is 0 Å². The first-order chi connectivity index (χ1) is 9.73. The summed E-state index contributed by atoms with van der Waals surface area (Å²) >= 11 is 0. The van der Waals surface area contributed by atoms with Crippen molar-refractivity contribution in [1.82, 2.24) is 10.2 Å². The lowest BCUT2D eigenvalue weighted by Crippen LogP contribution is -2.56. The fourth-order valence-electron chi connectivity index (χ4n) is 4.39. The van der Waals surface area contributed by atoms with Crippen LogP contribution in [0.25, 0.3) is 0 Å². The van der Waals surface area contributed by atoms with Gasteiger partial charge in [0.2, 0.25) is 0 Å². The summed E-state index contributed by atoms with van der Waals surface area (Å²) < 4.78 is 0. The Balaban J connectivity index is 1.86. The summed E-state index contributed by atoms with van der Waals surface area (Å²) in [6, 6.07) is 0.692. The molecule has 2 aliphatic rings. The molecule has 0 amide bonds. The van der Waals surface area contributed by atoms with E-state index in [-0.39, 0.29) is 5.54 Å². The lowest BCUT2D eigenvalue weighted by atomic mass is 9.78. The molecule has 2 N–H and O–H groups in total. The Morgan fingerprint density at radius 3 is 2.55 bits per heavy atom.